The molecule has 1 fully saturated rings. The van der Waals surface area contributed by atoms with Gasteiger partial charge in [-0.3, -0.25) is 4.68 Å². The number of hydrogen-bond acceptors (Lipinski definition) is 4. The summed E-state index contributed by atoms with van der Waals surface area (Å²) < 4.78 is 4.04. The minimum absolute atomic E-state index is 0.293. The Morgan fingerprint density at radius 1 is 1.32 bits per heavy atom. The number of nitrogens with zero attached hydrogens (tertiary/aromatic N) is 6. The van der Waals surface area contributed by atoms with Crippen molar-refractivity contribution in [3.63, 3.8) is 0 Å². The van der Waals surface area contributed by atoms with Gasteiger partial charge in [-0.25, -0.2) is 4.98 Å². The largest absolute Gasteiger partial charge is 0.340 e. The summed E-state index contributed by atoms with van der Waals surface area (Å²) in [5.74, 6) is 0.997. The lowest BCUT2D eigenvalue weighted by Crippen LogP contribution is -2.23. The van der Waals surface area contributed by atoms with Gasteiger partial charge in [0.15, 0.2) is 0 Å². The average molecular weight is 292 g/mol. The molecule has 1 aliphatic heterocycles. The van der Waals surface area contributed by atoms with Crippen LogP contribution < -0.4 is 4.90 Å². The summed E-state index contributed by atoms with van der Waals surface area (Å²) in [4.78, 5) is 7.04. The van der Waals surface area contributed by atoms with Gasteiger partial charge in [0, 0.05) is 26.3 Å². The zero-order valence-electron chi connectivity index (χ0n) is 12.3. The van der Waals surface area contributed by atoms with Crippen LogP contribution in [0.5, 0.6) is 0 Å². The van der Waals surface area contributed by atoms with E-state index in [9.17, 15) is 0 Å². The fourth-order valence-electron chi connectivity index (χ4n) is 3.15. The van der Waals surface area contributed by atoms with Crippen LogP contribution in [0.3, 0.4) is 0 Å². The molecule has 3 aromatic rings. The maximum Gasteiger partial charge on any atom is 0.206 e. The zero-order chi connectivity index (χ0) is 15.1. The molecule has 6 nitrogen and oxygen atoms in total. The highest BCUT2D eigenvalue weighted by molar-refractivity contribution is 5.78. The van der Waals surface area contributed by atoms with E-state index in [0.717, 1.165) is 36.5 Å². The molecule has 22 heavy (non-hydrogen) atoms. The second kappa shape index (κ2) is 4.88. The van der Waals surface area contributed by atoms with Crippen LogP contribution in [-0.4, -0.2) is 32.4 Å². The SMILES string of the molecule is Cn1c(N2CCC(n3cc(C#N)cn3)C2)nc2ccccc21. The van der Waals surface area contributed by atoms with Crippen molar-refractivity contribution in [3.8, 4) is 6.07 Å². The number of para-hydroxylation sites is 2. The van der Waals surface area contributed by atoms with E-state index in [4.69, 9.17) is 10.2 Å². The van der Waals surface area contributed by atoms with Gasteiger partial charge >= 0.3 is 0 Å². The van der Waals surface area contributed by atoms with Crippen molar-refractivity contribution >= 4 is 17.0 Å². The number of imidazole rings is 1. The molecule has 1 unspecified atom stereocenters. The van der Waals surface area contributed by atoms with E-state index < -0.39 is 0 Å². The highest BCUT2D eigenvalue weighted by Gasteiger charge is 2.27. The summed E-state index contributed by atoms with van der Waals surface area (Å²) in [6.45, 7) is 1.81. The number of rotatable bonds is 2. The number of anilines is 1. The quantitative estimate of drug-likeness (QED) is 0.725. The van der Waals surface area contributed by atoms with Crippen LogP contribution in [0.4, 0.5) is 5.95 Å². The molecule has 1 atom stereocenters. The summed E-state index contributed by atoms with van der Waals surface area (Å²) in [6, 6.07) is 10.6. The lowest BCUT2D eigenvalue weighted by Gasteiger charge is -2.17. The predicted octanol–water partition coefficient (Wildman–Crippen LogP) is 2.09. The highest BCUT2D eigenvalue weighted by Crippen LogP contribution is 2.28. The van der Waals surface area contributed by atoms with Gasteiger partial charge in [0.2, 0.25) is 5.95 Å². The fraction of sp³-hybridized carbons (Fsp3) is 0.312. The van der Waals surface area contributed by atoms with Crippen molar-refractivity contribution in [1.29, 1.82) is 5.26 Å². The third kappa shape index (κ3) is 1.94. The van der Waals surface area contributed by atoms with Gasteiger partial charge in [0.05, 0.1) is 28.8 Å². The first-order chi connectivity index (χ1) is 10.8. The Bertz CT molecular complexity index is 868. The van der Waals surface area contributed by atoms with Gasteiger partial charge in [-0.2, -0.15) is 10.4 Å². The number of nitriles is 1. The van der Waals surface area contributed by atoms with E-state index >= 15 is 0 Å². The second-order valence-corrected chi connectivity index (χ2v) is 5.67. The molecule has 110 valence electrons. The van der Waals surface area contributed by atoms with E-state index in [0.29, 0.717) is 11.6 Å². The van der Waals surface area contributed by atoms with Gasteiger partial charge in [-0.05, 0) is 18.6 Å². The van der Waals surface area contributed by atoms with Gasteiger partial charge in [0.1, 0.15) is 6.07 Å². The van der Waals surface area contributed by atoms with Crippen LogP contribution in [0.2, 0.25) is 0 Å². The second-order valence-electron chi connectivity index (χ2n) is 5.67. The lowest BCUT2D eigenvalue weighted by atomic mass is 10.3. The number of fused-ring (bicyclic) bond motifs is 1. The summed E-state index contributed by atoms with van der Waals surface area (Å²) in [5, 5.41) is 13.2. The zero-order valence-corrected chi connectivity index (χ0v) is 12.3. The van der Waals surface area contributed by atoms with E-state index in [1.165, 1.54) is 0 Å². The molecule has 0 aliphatic carbocycles. The Kier molecular flexibility index (Phi) is 2.86. The molecule has 0 N–H and O–H groups in total. The van der Waals surface area contributed by atoms with Crippen molar-refractivity contribution in [2.75, 3.05) is 18.0 Å². The van der Waals surface area contributed by atoms with Gasteiger partial charge in [-0.1, -0.05) is 12.1 Å². The molecule has 1 aliphatic rings. The van der Waals surface area contributed by atoms with Crippen molar-refractivity contribution in [1.82, 2.24) is 19.3 Å². The molecule has 0 bridgehead atoms. The number of aryl methyl sites for hydroxylation is 1. The van der Waals surface area contributed by atoms with Gasteiger partial charge in [-0.15, -0.1) is 0 Å². The minimum atomic E-state index is 0.293. The van der Waals surface area contributed by atoms with Crippen LogP contribution in [0.15, 0.2) is 36.7 Å². The fourth-order valence-corrected chi connectivity index (χ4v) is 3.15. The standard InChI is InChI=1S/C16H16N6/c1-20-15-5-3-2-4-14(15)19-16(20)21-7-6-13(11-21)22-10-12(8-17)9-18-22/h2-5,9-10,13H,6-7,11H2,1H3. The van der Waals surface area contributed by atoms with E-state index in [1.54, 1.807) is 6.20 Å². The smallest absolute Gasteiger partial charge is 0.206 e. The average Bonchev–Trinajstić information content (AvgIpc) is 3.25. The molecule has 0 radical (unpaired) electrons. The topological polar surface area (TPSA) is 62.7 Å². The molecule has 4 rings (SSSR count). The third-order valence-corrected chi connectivity index (χ3v) is 4.31. The Labute approximate surface area is 128 Å². The normalized spacial score (nSPS) is 18.0. The van der Waals surface area contributed by atoms with Crippen LogP contribution in [0, 0.1) is 11.3 Å². The van der Waals surface area contributed by atoms with E-state index in [-0.39, 0.29) is 0 Å². The molecule has 0 saturated carbocycles. The number of benzene rings is 1. The van der Waals surface area contributed by atoms with Crippen LogP contribution in [-0.2, 0) is 7.05 Å². The van der Waals surface area contributed by atoms with Crippen LogP contribution >= 0.6 is 0 Å². The molecule has 0 spiro atoms. The van der Waals surface area contributed by atoms with Crippen molar-refractivity contribution in [2.24, 2.45) is 7.05 Å². The van der Waals surface area contributed by atoms with Crippen molar-refractivity contribution < 1.29 is 0 Å². The Morgan fingerprint density at radius 2 is 2.18 bits per heavy atom. The van der Waals surface area contributed by atoms with E-state index in [2.05, 4.69) is 33.7 Å². The first-order valence-electron chi connectivity index (χ1n) is 7.37. The molecule has 1 aromatic carbocycles. The van der Waals surface area contributed by atoms with Crippen LogP contribution in [0.1, 0.15) is 18.0 Å². The van der Waals surface area contributed by atoms with Crippen molar-refractivity contribution in [2.45, 2.75) is 12.5 Å². The third-order valence-electron chi connectivity index (χ3n) is 4.31. The summed E-state index contributed by atoms with van der Waals surface area (Å²) in [6.07, 6.45) is 4.45. The first kappa shape index (κ1) is 12.9. The molecule has 2 aromatic heterocycles. The maximum atomic E-state index is 8.91. The summed E-state index contributed by atoms with van der Waals surface area (Å²) in [7, 11) is 2.06. The molecular formula is C16H16N6. The molecule has 6 heteroatoms. The highest BCUT2D eigenvalue weighted by atomic mass is 15.4. The predicted molar refractivity (Wildman–Crippen MR) is 83.5 cm³/mol. The van der Waals surface area contributed by atoms with E-state index in [1.807, 2.05) is 29.1 Å². The maximum absolute atomic E-state index is 8.91. The summed E-state index contributed by atoms with van der Waals surface area (Å²) >= 11 is 0. The van der Waals surface area contributed by atoms with Gasteiger partial charge < -0.3 is 9.47 Å². The van der Waals surface area contributed by atoms with Crippen molar-refractivity contribution in [3.05, 3.63) is 42.2 Å². The number of hydrogen-bond donors (Lipinski definition) is 0. The molecule has 3 heterocycles. The molecule has 1 saturated heterocycles. The first-order valence-corrected chi connectivity index (χ1v) is 7.37. The lowest BCUT2D eigenvalue weighted by molar-refractivity contribution is 0.494. The number of aromatic nitrogens is 4. The summed E-state index contributed by atoms with van der Waals surface area (Å²) in [5.41, 5.74) is 2.78. The Hall–Kier alpha value is -2.81. The Morgan fingerprint density at radius 3 is 2.95 bits per heavy atom. The molecular weight excluding hydrogens is 276 g/mol. The van der Waals surface area contributed by atoms with Gasteiger partial charge in [0.25, 0.3) is 0 Å². The Balaban J connectivity index is 1.61. The monoisotopic (exact) mass is 292 g/mol. The minimum Gasteiger partial charge on any atom is -0.340 e. The molecule has 0 amide bonds. The van der Waals surface area contributed by atoms with Crippen LogP contribution in [0.25, 0.3) is 11.0 Å².